The highest BCUT2D eigenvalue weighted by Gasteiger charge is 2.18. The molecule has 1 fully saturated rings. The molecule has 0 aliphatic carbocycles. The third-order valence-electron chi connectivity index (χ3n) is 6.67. The van der Waals surface area contributed by atoms with Gasteiger partial charge in [0, 0.05) is 62.0 Å². The second-order valence-corrected chi connectivity index (χ2v) is 8.88. The van der Waals surface area contributed by atoms with Crippen LogP contribution in [-0.2, 0) is 22.6 Å². The summed E-state index contributed by atoms with van der Waals surface area (Å²) in [7, 11) is 1.69. The Morgan fingerprint density at radius 3 is 2.86 bits per heavy atom. The van der Waals surface area contributed by atoms with Gasteiger partial charge in [0.1, 0.15) is 5.69 Å². The molecule has 6 rings (SSSR count). The number of ether oxygens (including phenoxy) is 2. The third kappa shape index (κ3) is 4.07. The summed E-state index contributed by atoms with van der Waals surface area (Å²) < 4.78 is 10.8. The third-order valence-corrected chi connectivity index (χ3v) is 6.67. The predicted molar refractivity (Wildman–Crippen MR) is 134 cm³/mol. The summed E-state index contributed by atoms with van der Waals surface area (Å²) in [4.78, 5) is 19.9. The molecule has 0 atom stereocenters. The molecule has 4 aromatic heterocycles. The van der Waals surface area contributed by atoms with Crippen LogP contribution in [0.1, 0.15) is 16.7 Å². The Balaban J connectivity index is 1.39. The Kier molecular flexibility index (Phi) is 5.73. The molecule has 1 saturated heterocycles. The van der Waals surface area contributed by atoms with Gasteiger partial charge < -0.3 is 14.5 Å². The molecule has 178 valence electrons. The molecule has 0 unspecified atom stereocenters. The first-order valence-corrected chi connectivity index (χ1v) is 11.8. The second-order valence-electron chi connectivity index (χ2n) is 8.88. The summed E-state index contributed by atoms with van der Waals surface area (Å²) in [5.74, 6) is 0.699. The van der Waals surface area contributed by atoms with Crippen LogP contribution in [-0.4, -0.2) is 68.4 Å². The van der Waals surface area contributed by atoms with E-state index in [1.807, 2.05) is 36.8 Å². The maximum absolute atomic E-state index is 5.49. The van der Waals surface area contributed by atoms with Crippen LogP contribution in [0.25, 0.3) is 44.7 Å². The molecule has 9 heteroatoms. The average Bonchev–Trinajstić information content (AvgIpc) is 3.50. The Morgan fingerprint density at radius 1 is 1.11 bits per heavy atom. The van der Waals surface area contributed by atoms with Gasteiger partial charge in [0.15, 0.2) is 11.5 Å². The van der Waals surface area contributed by atoms with Gasteiger partial charge in [-0.2, -0.15) is 5.10 Å². The summed E-state index contributed by atoms with van der Waals surface area (Å²) in [5, 5.41) is 8.50. The fourth-order valence-electron chi connectivity index (χ4n) is 4.73. The number of hydrogen-bond acceptors (Lipinski definition) is 7. The molecule has 5 aromatic rings. The Morgan fingerprint density at radius 2 is 2.00 bits per heavy atom. The van der Waals surface area contributed by atoms with E-state index in [4.69, 9.17) is 14.5 Å². The zero-order valence-corrected chi connectivity index (χ0v) is 19.8. The van der Waals surface area contributed by atoms with E-state index in [9.17, 15) is 0 Å². The van der Waals surface area contributed by atoms with Crippen LogP contribution in [0.15, 0.2) is 42.9 Å². The van der Waals surface area contributed by atoms with Crippen molar-refractivity contribution in [2.45, 2.75) is 20.1 Å². The van der Waals surface area contributed by atoms with E-state index in [1.54, 1.807) is 7.11 Å². The highest BCUT2D eigenvalue weighted by atomic mass is 16.5. The lowest BCUT2D eigenvalue weighted by Crippen LogP contribution is -2.35. The molecule has 1 aliphatic heterocycles. The first kappa shape index (κ1) is 21.8. The fraction of sp³-hybridized carbons (Fsp3) is 0.308. The lowest BCUT2D eigenvalue weighted by molar-refractivity contribution is 0.0341. The van der Waals surface area contributed by atoms with Crippen LogP contribution >= 0.6 is 0 Å². The Labute approximate surface area is 202 Å². The zero-order valence-electron chi connectivity index (χ0n) is 19.8. The van der Waals surface area contributed by atoms with E-state index in [2.05, 4.69) is 43.0 Å². The monoisotopic (exact) mass is 469 g/mol. The summed E-state index contributed by atoms with van der Waals surface area (Å²) >= 11 is 0. The highest BCUT2D eigenvalue weighted by Crippen LogP contribution is 2.31. The molecule has 35 heavy (non-hydrogen) atoms. The normalized spacial score (nSPS) is 14.8. The number of nitrogens with one attached hydrogen (secondary N) is 2. The molecule has 1 aliphatic rings. The van der Waals surface area contributed by atoms with Crippen molar-refractivity contribution >= 4 is 22.1 Å². The van der Waals surface area contributed by atoms with Crippen LogP contribution in [0.4, 0.5) is 0 Å². The molecule has 0 radical (unpaired) electrons. The minimum absolute atomic E-state index is 0.502. The summed E-state index contributed by atoms with van der Waals surface area (Å²) in [6.45, 7) is 6.98. The van der Waals surface area contributed by atoms with Crippen molar-refractivity contribution in [1.29, 1.82) is 0 Å². The van der Waals surface area contributed by atoms with E-state index in [0.29, 0.717) is 12.4 Å². The van der Waals surface area contributed by atoms with Crippen molar-refractivity contribution in [2.75, 3.05) is 33.4 Å². The molecule has 9 nitrogen and oxygen atoms in total. The lowest BCUT2D eigenvalue weighted by atomic mass is 9.99. The van der Waals surface area contributed by atoms with Gasteiger partial charge in [-0.25, -0.2) is 9.97 Å². The van der Waals surface area contributed by atoms with Gasteiger partial charge in [0.25, 0.3) is 0 Å². The van der Waals surface area contributed by atoms with Gasteiger partial charge in [0.2, 0.25) is 0 Å². The quantitative estimate of drug-likeness (QED) is 0.389. The molecule has 0 spiro atoms. The van der Waals surface area contributed by atoms with Gasteiger partial charge in [0.05, 0.1) is 36.2 Å². The number of methoxy groups -OCH3 is 1. The minimum Gasteiger partial charge on any atom is -0.380 e. The first-order chi connectivity index (χ1) is 17.2. The van der Waals surface area contributed by atoms with Crippen molar-refractivity contribution in [2.24, 2.45) is 0 Å². The Bertz CT molecular complexity index is 1500. The SMILES string of the molecule is COCc1cccc2[nH]c(-c3n[nH]c4ncc(-c5cncc(CN6CCOCC6)c5C)cc34)nc12. The van der Waals surface area contributed by atoms with Crippen LogP contribution < -0.4 is 0 Å². The smallest absolute Gasteiger partial charge is 0.159 e. The topological polar surface area (TPSA) is 105 Å². The van der Waals surface area contributed by atoms with Gasteiger partial charge in [-0.3, -0.25) is 15.0 Å². The van der Waals surface area contributed by atoms with Crippen molar-refractivity contribution in [1.82, 2.24) is 35.0 Å². The molecule has 1 aromatic carbocycles. The molecule has 5 heterocycles. The average molecular weight is 470 g/mol. The van der Waals surface area contributed by atoms with Crippen molar-refractivity contribution < 1.29 is 9.47 Å². The van der Waals surface area contributed by atoms with E-state index >= 15 is 0 Å². The largest absolute Gasteiger partial charge is 0.380 e. The highest BCUT2D eigenvalue weighted by molar-refractivity contribution is 5.94. The first-order valence-electron chi connectivity index (χ1n) is 11.8. The number of pyridine rings is 2. The van der Waals surface area contributed by atoms with E-state index in [0.717, 1.165) is 77.3 Å². The van der Waals surface area contributed by atoms with Crippen molar-refractivity contribution in [3.63, 3.8) is 0 Å². The number of imidazole rings is 1. The van der Waals surface area contributed by atoms with Crippen LogP contribution in [0.2, 0.25) is 0 Å². The lowest BCUT2D eigenvalue weighted by Gasteiger charge is -2.27. The molecule has 0 amide bonds. The standard InChI is InChI=1S/C26H27N7O2/c1-16-19(14-33-6-8-35-9-7-33)11-27-13-21(16)18-10-20-24(31-32-25(20)28-12-18)26-29-22-5-3-4-17(15-34-2)23(22)30-26/h3-5,10-13H,6-9,14-15H2,1-2H3,(H,29,30)(H,28,31,32). The Hall–Kier alpha value is -3.66. The molecule has 0 saturated carbocycles. The van der Waals surface area contributed by atoms with Crippen LogP contribution in [0.5, 0.6) is 0 Å². The summed E-state index contributed by atoms with van der Waals surface area (Å²) in [6, 6.07) is 8.16. The van der Waals surface area contributed by atoms with Gasteiger partial charge in [-0.05, 0) is 30.2 Å². The predicted octanol–water partition coefficient (Wildman–Crippen LogP) is 3.85. The van der Waals surface area contributed by atoms with Gasteiger partial charge in [-0.1, -0.05) is 12.1 Å². The minimum atomic E-state index is 0.502. The van der Waals surface area contributed by atoms with Gasteiger partial charge >= 0.3 is 0 Å². The fourth-order valence-corrected chi connectivity index (χ4v) is 4.73. The summed E-state index contributed by atoms with van der Waals surface area (Å²) in [5.41, 5.74) is 8.84. The molecule has 0 bridgehead atoms. The number of morpholine rings is 1. The van der Waals surface area contributed by atoms with Crippen molar-refractivity contribution in [3.8, 4) is 22.6 Å². The summed E-state index contributed by atoms with van der Waals surface area (Å²) in [6.07, 6.45) is 5.76. The number of benzene rings is 1. The number of aromatic nitrogens is 6. The van der Waals surface area contributed by atoms with E-state index in [1.165, 1.54) is 11.1 Å². The van der Waals surface area contributed by atoms with Crippen LogP contribution in [0.3, 0.4) is 0 Å². The number of rotatable bonds is 6. The number of hydrogen-bond donors (Lipinski definition) is 2. The van der Waals surface area contributed by atoms with Gasteiger partial charge in [-0.15, -0.1) is 0 Å². The van der Waals surface area contributed by atoms with E-state index in [-0.39, 0.29) is 0 Å². The number of aromatic amines is 2. The maximum Gasteiger partial charge on any atom is 0.159 e. The number of nitrogens with zero attached hydrogens (tertiary/aromatic N) is 5. The number of para-hydroxylation sites is 1. The van der Waals surface area contributed by atoms with Crippen LogP contribution in [0, 0.1) is 6.92 Å². The number of H-pyrrole nitrogens is 2. The maximum atomic E-state index is 5.49. The second kappa shape index (κ2) is 9.18. The van der Waals surface area contributed by atoms with Crippen molar-refractivity contribution in [3.05, 3.63) is 59.5 Å². The number of fused-ring (bicyclic) bond motifs is 2. The molecule has 2 N–H and O–H groups in total. The zero-order chi connectivity index (χ0) is 23.8. The molecular formula is C26H27N7O2. The van der Waals surface area contributed by atoms with E-state index < -0.39 is 0 Å². The molecular weight excluding hydrogens is 442 g/mol.